The van der Waals surface area contributed by atoms with Gasteiger partial charge in [0.1, 0.15) is 0 Å². The van der Waals surface area contributed by atoms with Crippen LogP contribution in [0.5, 0.6) is 0 Å². The van der Waals surface area contributed by atoms with Crippen LogP contribution < -0.4 is 0 Å². The molecule has 0 heteroatoms. The maximum atomic E-state index is 2.55. The molecule has 3 aliphatic rings. The topological polar surface area (TPSA) is 0 Å². The first-order valence-electron chi connectivity index (χ1n) is 6.96. The SMILES string of the molecule is CC1CC2CC(C)(C)C[C@@]23[C@H](C)CC[C@@H]13. The van der Waals surface area contributed by atoms with E-state index in [1.165, 1.54) is 25.7 Å². The van der Waals surface area contributed by atoms with Crippen LogP contribution in [0.3, 0.4) is 0 Å². The standard InChI is InChI=1S/C15H26/c1-10-7-12-8-14(3,4)9-15(12)11(2)5-6-13(10)15/h10-13H,5-9H2,1-4H3/t10?,11-,12?,13+,15-/m1/s1. The largest absolute Gasteiger partial charge is 0.0622 e. The highest BCUT2D eigenvalue weighted by atomic mass is 14.7. The van der Waals surface area contributed by atoms with Gasteiger partial charge in [-0.2, -0.15) is 0 Å². The van der Waals surface area contributed by atoms with Crippen molar-refractivity contribution < 1.29 is 0 Å². The van der Waals surface area contributed by atoms with Gasteiger partial charge in [0, 0.05) is 0 Å². The fourth-order valence-electron chi connectivity index (χ4n) is 5.98. The molecule has 0 aromatic rings. The third kappa shape index (κ3) is 1.14. The number of rotatable bonds is 0. The summed E-state index contributed by atoms with van der Waals surface area (Å²) in [5.74, 6) is 4.19. The van der Waals surface area contributed by atoms with Gasteiger partial charge >= 0.3 is 0 Å². The molecular weight excluding hydrogens is 180 g/mol. The van der Waals surface area contributed by atoms with Gasteiger partial charge in [0.25, 0.3) is 0 Å². The Balaban J connectivity index is 2.00. The van der Waals surface area contributed by atoms with E-state index in [1.54, 1.807) is 6.42 Å². The molecule has 86 valence electrons. The summed E-state index contributed by atoms with van der Waals surface area (Å²) >= 11 is 0. The van der Waals surface area contributed by atoms with Crippen LogP contribution >= 0.6 is 0 Å². The van der Waals surface area contributed by atoms with E-state index in [0.717, 1.165) is 29.1 Å². The summed E-state index contributed by atoms with van der Waals surface area (Å²) in [6, 6.07) is 0. The molecule has 3 fully saturated rings. The van der Waals surface area contributed by atoms with Crippen molar-refractivity contribution in [3.05, 3.63) is 0 Å². The third-order valence-electron chi connectivity index (χ3n) is 6.21. The highest BCUT2D eigenvalue weighted by Gasteiger charge is 2.64. The van der Waals surface area contributed by atoms with Gasteiger partial charge in [-0.15, -0.1) is 0 Å². The fraction of sp³-hybridized carbons (Fsp3) is 1.00. The minimum absolute atomic E-state index is 0.641. The molecule has 0 heterocycles. The minimum Gasteiger partial charge on any atom is -0.0622 e. The lowest BCUT2D eigenvalue weighted by Crippen LogP contribution is -2.30. The predicted octanol–water partition coefficient (Wildman–Crippen LogP) is 4.49. The molecule has 0 saturated heterocycles. The second-order valence-corrected chi connectivity index (χ2v) is 7.65. The monoisotopic (exact) mass is 206 g/mol. The molecule has 0 nitrogen and oxygen atoms in total. The average molecular weight is 206 g/mol. The van der Waals surface area contributed by atoms with E-state index in [0.29, 0.717) is 5.41 Å². The first-order valence-corrected chi connectivity index (χ1v) is 6.96. The molecule has 0 aromatic carbocycles. The van der Waals surface area contributed by atoms with Crippen LogP contribution in [0.4, 0.5) is 0 Å². The molecule has 1 spiro atoms. The van der Waals surface area contributed by atoms with Gasteiger partial charge in [-0.3, -0.25) is 0 Å². The zero-order valence-electron chi connectivity index (χ0n) is 10.8. The molecule has 0 aromatic heterocycles. The summed E-state index contributed by atoms with van der Waals surface area (Å²) < 4.78 is 0. The highest BCUT2D eigenvalue weighted by molar-refractivity contribution is 5.13. The molecule has 0 aliphatic heterocycles. The number of hydrogen-bond donors (Lipinski definition) is 0. The lowest BCUT2D eigenvalue weighted by Gasteiger charge is -2.36. The maximum absolute atomic E-state index is 2.55. The van der Waals surface area contributed by atoms with Gasteiger partial charge in [0.15, 0.2) is 0 Å². The summed E-state index contributed by atoms with van der Waals surface area (Å²) in [6.07, 6.45) is 7.63. The Labute approximate surface area is 94.8 Å². The normalized spacial score (nSPS) is 56.8. The van der Waals surface area contributed by atoms with Crippen LogP contribution in [0.25, 0.3) is 0 Å². The smallest absolute Gasteiger partial charge is 0.0207 e. The van der Waals surface area contributed by atoms with E-state index >= 15 is 0 Å². The zero-order chi connectivity index (χ0) is 10.8. The Morgan fingerprint density at radius 2 is 1.80 bits per heavy atom. The van der Waals surface area contributed by atoms with E-state index in [9.17, 15) is 0 Å². The van der Waals surface area contributed by atoms with Gasteiger partial charge in [-0.05, 0) is 66.6 Å². The molecule has 2 unspecified atom stereocenters. The second-order valence-electron chi connectivity index (χ2n) is 7.65. The summed E-state index contributed by atoms with van der Waals surface area (Å²) in [5.41, 5.74) is 1.42. The quantitative estimate of drug-likeness (QED) is 0.547. The first-order chi connectivity index (χ1) is 6.96. The predicted molar refractivity (Wildman–Crippen MR) is 64.6 cm³/mol. The van der Waals surface area contributed by atoms with Crippen LogP contribution in [0.1, 0.15) is 59.8 Å². The van der Waals surface area contributed by atoms with Crippen LogP contribution in [0.15, 0.2) is 0 Å². The molecule has 3 rings (SSSR count). The first kappa shape index (κ1) is 10.2. The maximum Gasteiger partial charge on any atom is -0.0207 e. The van der Waals surface area contributed by atoms with Crippen LogP contribution in [-0.4, -0.2) is 0 Å². The summed E-state index contributed by atoms with van der Waals surface area (Å²) in [5, 5.41) is 0. The molecule has 0 radical (unpaired) electrons. The van der Waals surface area contributed by atoms with E-state index < -0.39 is 0 Å². The van der Waals surface area contributed by atoms with Crippen LogP contribution in [0, 0.1) is 34.5 Å². The van der Waals surface area contributed by atoms with E-state index in [4.69, 9.17) is 0 Å². The van der Waals surface area contributed by atoms with Crippen molar-refractivity contribution in [2.75, 3.05) is 0 Å². The minimum atomic E-state index is 0.641. The Kier molecular flexibility index (Phi) is 1.91. The van der Waals surface area contributed by atoms with Gasteiger partial charge in [0.05, 0.1) is 0 Å². The second kappa shape index (κ2) is 2.81. The zero-order valence-corrected chi connectivity index (χ0v) is 10.8. The van der Waals surface area contributed by atoms with E-state index in [2.05, 4.69) is 27.7 Å². The van der Waals surface area contributed by atoms with Crippen molar-refractivity contribution >= 4 is 0 Å². The van der Waals surface area contributed by atoms with E-state index in [1.807, 2.05) is 0 Å². The van der Waals surface area contributed by atoms with Gasteiger partial charge in [-0.1, -0.05) is 27.7 Å². The summed E-state index contributed by atoms with van der Waals surface area (Å²) in [4.78, 5) is 0. The van der Waals surface area contributed by atoms with E-state index in [-0.39, 0.29) is 0 Å². The van der Waals surface area contributed by atoms with Crippen molar-refractivity contribution in [3.63, 3.8) is 0 Å². The van der Waals surface area contributed by atoms with Crippen LogP contribution in [-0.2, 0) is 0 Å². The Morgan fingerprint density at radius 1 is 1.07 bits per heavy atom. The summed E-state index contributed by atoms with van der Waals surface area (Å²) in [7, 11) is 0. The Morgan fingerprint density at radius 3 is 2.53 bits per heavy atom. The van der Waals surface area contributed by atoms with Crippen molar-refractivity contribution in [2.45, 2.75) is 59.8 Å². The molecule has 3 saturated carbocycles. The fourth-order valence-corrected chi connectivity index (χ4v) is 5.98. The molecule has 15 heavy (non-hydrogen) atoms. The van der Waals surface area contributed by atoms with Crippen molar-refractivity contribution in [2.24, 2.45) is 34.5 Å². The third-order valence-corrected chi connectivity index (χ3v) is 6.21. The van der Waals surface area contributed by atoms with Gasteiger partial charge in [-0.25, -0.2) is 0 Å². The van der Waals surface area contributed by atoms with Crippen molar-refractivity contribution in [1.82, 2.24) is 0 Å². The van der Waals surface area contributed by atoms with Gasteiger partial charge in [0.2, 0.25) is 0 Å². The number of hydrogen-bond acceptors (Lipinski definition) is 0. The average Bonchev–Trinajstić information content (AvgIpc) is 2.61. The molecule has 0 amide bonds. The summed E-state index contributed by atoms with van der Waals surface area (Å²) in [6.45, 7) is 10.1. The van der Waals surface area contributed by atoms with Crippen molar-refractivity contribution in [3.8, 4) is 0 Å². The van der Waals surface area contributed by atoms with Crippen LogP contribution in [0.2, 0.25) is 0 Å². The molecule has 5 atom stereocenters. The lowest BCUT2D eigenvalue weighted by atomic mass is 9.68. The Bertz CT molecular complexity index is 278. The molecule has 0 bridgehead atoms. The molecule has 3 aliphatic carbocycles. The van der Waals surface area contributed by atoms with Crippen molar-refractivity contribution in [1.29, 1.82) is 0 Å². The Hall–Kier alpha value is 0. The highest BCUT2D eigenvalue weighted by Crippen LogP contribution is 2.72. The van der Waals surface area contributed by atoms with Gasteiger partial charge < -0.3 is 0 Å². The lowest BCUT2D eigenvalue weighted by molar-refractivity contribution is 0.117. The molecule has 0 N–H and O–H groups in total. The molecular formula is C15H26.